The van der Waals surface area contributed by atoms with Crippen molar-refractivity contribution in [2.45, 2.75) is 42.7 Å². The predicted molar refractivity (Wildman–Crippen MR) is 113 cm³/mol. The van der Waals surface area contributed by atoms with Gasteiger partial charge in [0.15, 0.2) is 0 Å². The summed E-state index contributed by atoms with van der Waals surface area (Å²) in [6.07, 6.45) is 4.89. The van der Waals surface area contributed by atoms with Crippen molar-refractivity contribution in [1.29, 1.82) is 0 Å². The molecule has 1 fully saturated rings. The number of sulfonamides is 1. The maximum Gasteiger partial charge on any atom is 0.240 e. The molecule has 1 aromatic heterocycles. The van der Waals surface area contributed by atoms with E-state index < -0.39 is 15.8 Å². The monoisotopic (exact) mass is 433 g/mol. The quantitative estimate of drug-likeness (QED) is 0.610. The molecule has 1 aliphatic rings. The summed E-state index contributed by atoms with van der Waals surface area (Å²) in [7, 11) is -3.64. The van der Waals surface area contributed by atoms with Gasteiger partial charge >= 0.3 is 0 Å². The number of nitrogens with one attached hydrogen (secondary N) is 2. The first-order valence-corrected chi connectivity index (χ1v) is 11.4. The Labute approximate surface area is 174 Å². The van der Waals surface area contributed by atoms with Crippen LogP contribution in [0.4, 0.5) is 10.1 Å². The van der Waals surface area contributed by atoms with E-state index in [1.54, 1.807) is 6.20 Å². The molecule has 1 heterocycles. The fourth-order valence-corrected chi connectivity index (χ4v) is 5.20. The summed E-state index contributed by atoms with van der Waals surface area (Å²) < 4.78 is 40.8. The van der Waals surface area contributed by atoms with Crippen molar-refractivity contribution in [2.24, 2.45) is 0 Å². The van der Waals surface area contributed by atoms with Gasteiger partial charge in [-0.1, -0.05) is 11.6 Å². The van der Waals surface area contributed by atoms with Crippen LogP contribution in [0.15, 0.2) is 59.6 Å². The lowest BCUT2D eigenvalue weighted by Crippen LogP contribution is -2.40. The van der Waals surface area contributed by atoms with Crippen LogP contribution in [0.2, 0.25) is 5.02 Å². The standard InChI is InChI=1S/C21H21ClFN3O2S/c22-14-1-10-19-20(11-12-24-21(19)13-14)25-16-4-6-17(7-5-16)26-29(27,28)18-8-2-15(23)3-9-18/h1-3,8-13,16-17,26H,4-7H2,(H,24,25). The second-order valence-electron chi connectivity index (χ2n) is 7.29. The highest BCUT2D eigenvalue weighted by Gasteiger charge is 2.26. The van der Waals surface area contributed by atoms with Crippen molar-refractivity contribution < 1.29 is 12.8 Å². The zero-order chi connectivity index (χ0) is 20.4. The van der Waals surface area contributed by atoms with Gasteiger partial charge in [0.2, 0.25) is 10.0 Å². The van der Waals surface area contributed by atoms with Gasteiger partial charge in [0.1, 0.15) is 5.82 Å². The second-order valence-corrected chi connectivity index (χ2v) is 9.44. The van der Waals surface area contributed by atoms with E-state index in [4.69, 9.17) is 11.6 Å². The highest BCUT2D eigenvalue weighted by atomic mass is 35.5. The molecule has 2 N–H and O–H groups in total. The smallest absolute Gasteiger partial charge is 0.240 e. The van der Waals surface area contributed by atoms with Crippen LogP contribution in [0.1, 0.15) is 25.7 Å². The van der Waals surface area contributed by atoms with Crippen molar-refractivity contribution in [1.82, 2.24) is 9.71 Å². The Hall–Kier alpha value is -2.22. The molecule has 3 aromatic rings. The molecule has 8 heteroatoms. The summed E-state index contributed by atoms with van der Waals surface area (Å²) in [5, 5.41) is 5.22. The average molecular weight is 434 g/mol. The topological polar surface area (TPSA) is 71.1 Å². The molecule has 5 nitrogen and oxygen atoms in total. The van der Waals surface area contributed by atoms with Gasteiger partial charge in [-0.25, -0.2) is 17.5 Å². The van der Waals surface area contributed by atoms with E-state index in [9.17, 15) is 12.8 Å². The molecule has 29 heavy (non-hydrogen) atoms. The SMILES string of the molecule is O=S(=O)(NC1CCC(Nc2ccnc3cc(Cl)ccc23)CC1)c1ccc(F)cc1. The average Bonchev–Trinajstić information content (AvgIpc) is 2.69. The molecule has 0 aliphatic heterocycles. The Balaban J connectivity index is 1.38. The Morgan fingerprint density at radius 1 is 0.966 bits per heavy atom. The zero-order valence-electron chi connectivity index (χ0n) is 15.6. The first-order valence-electron chi connectivity index (χ1n) is 9.49. The van der Waals surface area contributed by atoms with Crippen LogP contribution in [0.5, 0.6) is 0 Å². The molecule has 0 amide bonds. The molecule has 1 aliphatic carbocycles. The minimum absolute atomic E-state index is 0.0843. The number of aromatic nitrogens is 1. The molecule has 0 saturated heterocycles. The molecule has 2 aromatic carbocycles. The van der Waals surface area contributed by atoms with Gasteiger partial charge in [-0.15, -0.1) is 0 Å². The fraction of sp³-hybridized carbons (Fsp3) is 0.286. The van der Waals surface area contributed by atoms with Gasteiger partial charge in [-0.2, -0.15) is 0 Å². The summed E-state index contributed by atoms with van der Waals surface area (Å²) in [6, 6.07) is 12.6. The number of nitrogens with zero attached hydrogens (tertiary/aromatic N) is 1. The van der Waals surface area contributed by atoms with Gasteiger partial charge in [-0.05, 0) is 74.2 Å². The van der Waals surface area contributed by atoms with E-state index in [0.717, 1.165) is 54.4 Å². The van der Waals surface area contributed by atoms with Crippen molar-refractivity contribution in [3.8, 4) is 0 Å². The van der Waals surface area contributed by atoms with E-state index in [-0.39, 0.29) is 17.0 Å². The van der Waals surface area contributed by atoms with E-state index in [1.165, 1.54) is 12.1 Å². The van der Waals surface area contributed by atoms with Gasteiger partial charge in [-0.3, -0.25) is 4.98 Å². The number of fused-ring (bicyclic) bond motifs is 1. The Morgan fingerprint density at radius 3 is 2.38 bits per heavy atom. The number of anilines is 1. The first kappa shape index (κ1) is 20.1. The molecular weight excluding hydrogens is 413 g/mol. The van der Waals surface area contributed by atoms with E-state index in [2.05, 4.69) is 15.0 Å². The number of rotatable bonds is 5. The van der Waals surface area contributed by atoms with Crippen LogP contribution in [-0.4, -0.2) is 25.5 Å². The van der Waals surface area contributed by atoms with Crippen molar-refractivity contribution in [3.05, 3.63) is 65.6 Å². The van der Waals surface area contributed by atoms with Gasteiger partial charge in [0.05, 0.1) is 10.4 Å². The molecule has 0 bridgehead atoms. The molecule has 0 radical (unpaired) electrons. The van der Waals surface area contributed by atoms with Gasteiger partial charge in [0.25, 0.3) is 0 Å². The van der Waals surface area contributed by atoms with Crippen LogP contribution in [-0.2, 0) is 10.0 Å². The van der Waals surface area contributed by atoms with Crippen molar-refractivity contribution >= 4 is 38.2 Å². The lowest BCUT2D eigenvalue weighted by Gasteiger charge is -2.30. The summed E-state index contributed by atoms with van der Waals surface area (Å²) in [5.41, 5.74) is 1.84. The Bertz CT molecular complexity index is 1110. The minimum atomic E-state index is -3.64. The second kappa shape index (κ2) is 8.26. The van der Waals surface area contributed by atoms with Crippen molar-refractivity contribution in [3.63, 3.8) is 0 Å². The third-order valence-electron chi connectivity index (χ3n) is 5.24. The van der Waals surface area contributed by atoms with Crippen LogP contribution >= 0.6 is 11.6 Å². The number of halogens is 2. The Kier molecular flexibility index (Phi) is 5.72. The third kappa shape index (κ3) is 4.69. The molecule has 0 spiro atoms. The fourth-order valence-electron chi connectivity index (χ4n) is 3.72. The molecule has 4 rings (SSSR count). The first-order chi connectivity index (χ1) is 13.9. The molecular formula is C21H21ClFN3O2S. The van der Waals surface area contributed by atoms with Crippen molar-refractivity contribution in [2.75, 3.05) is 5.32 Å². The van der Waals surface area contributed by atoms with E-state index in [0.29, 0.717) is 5.02 Å². The minimum Gasteiger partial charge on any atom is -0.382 e. The van der Waals surface area contributed by atoms with Crippen LogP contribution in [0.3, 0.4) is 0 Å². The van der Waals surface area contributed by atoms with Gasteiger partial charge < -0.3 is 5.32 Å². The number of pyridine rings is 1. The van der Waals surface area contributed by atoms with Crippen LogP contribution < -0.4 is 10.0 Å². The summed E-state index contributed by atoms with van der Waals surface area (Å²) >= 11 is 6.05. The maximum absolute atomic E-state index is 13.0. The molecule has 0 atom stereocenters. The normalized spacial score (nSPS) is 19.9. The number of hydrogen-bond donors (Lipinski definition) is 2. The summed E-state index contributed by atoms with van der Waals surface area (Å²) in [4.78, 5) is 4.44. The summed E-state index contributed by atoms with van der Waals surface area (Å²) in [5.74, 6) is -0.457. The molecule has 152 valence electrons. The molecule has 0 unspecified atom stereocenters. The van der Waals surface area contributed by atoms with Gasteiger partial charge in [0, 0.05) is 34.4 Å². The zero-order valence-corrected chi connectivity index (χ0v) is 17.2. The largest absolute Gasteiger partial charge is 0.382 e. The third-order valence-corrected chi connectivity index (χ3v) is 7.01. The lowest BCUT2D eigenvalue weighted by atomic mass is 9.91. The highest BCUT2D eigenvalue weighted by molar-refractivity contribution is 7.89. The number of benzene rings is 2. The Morgan fingerprint density at radius 2 is 1.66 bits per heavy atom. The number of hydrogen-bond acceptors (Lipinski definition) is 4. The maximum atomic E-state index is 13.0. The van der Waals surface area contributed by atoms with E-state index >= 15 is 0 Å². The lowest BCUT2D eigenvalue weighted by molar-refractivity contribution is 0.387. The van der Waals surface area contributed by atoms with Crippen LogP contribution in [0, 0.1) is 5.82 Å². The van der Waals surface area contributed by atoms with E-state index in [1.807, 2.05) is 24.3 Å². The summed E-state index contributed by atoms with van der Waals surface area (Å²) in [6.45, 7) is 0. The highest BCUT2D eigenvalue weighted by Crippen LogP contribution is 2.28. The molecule has 1 saturated carbocycles. The van der Waals surface area contributed by atoms with Crippen LogP contribution in [0.25, 0.3) is 10.9 Å². The predicted octanol–water partition coefficient (Wildman–Crippen LogP) is 4.73.